The molecule has 1 aliphatic heterocycles. The van der Waals surface area contributed by atoms with Crippen molar-refractivity contribution in [3.63, 3.8) is 0 Å². The van der Waals surface area contributed by atoms with Gasteiger partial charge in [-0.2, -0.15) is 0 Å². The van der Waals surface area contributed by atoms with Crippen LogP contribution in [0.2, 0.25) is 0 Å². The number of thiazole rings is 1. The van der Waals surface area contributed by atoms with E-state index < -0.39 is 12.1 Å². The number of fused-ring (bicyclic) bond motifs is 2. The first-order valence-corrected chi connectivity index (χ1v) is 11.5. The molecule has 1 aromatic heterocycles. The molecule has 1 atom stereocenters. The van der Waals surface area contributed by atoms with Gasteiger partial charge in [-0.3, -0.25) is 0 Å². The molecule has 5 nitrogen and oxygen atoms in total. The van der Waals surface area contributed by atoms with Crippen LogP contribution in [0.25, 0.3) is 11.3 Å². The average molecular weight is 446 g/mol. The molecule has 0 saturated heterocycles. The van der Waals surface area contributed by atoms with Crippen LogP contribution in [-0.4, -0.2) is 16.2 Å². The summed E-state index contributed by atoms with van der Waals surface area (Å²) in [5, 5.41) is 18.2. The van der Waals surface area contributed by atoms with Crippen molar-refractivity contribution in [3.8, 4) is 11.3 Å². The lowest BCUT2D eigenvalue weighted by molar-refractivity contribution is 0.190. The van der Waals surface area contributed by atoms with Gasteiger partial charge in [-0.1, -0.05) is 60.3 Å². The van der Waals surface area contributed by atoms with Crippen LogP contribution in [0.5, 0.6) is 0 Å². The van der Waals surface area contributed by atoms with Crippen molar-refractivity contribution in [1.82, 2.24) is 10.3 Å². The number of benzene rings is 3. The lowest BCUT2D eigenvalue weighted by Gasteiger charge is -2.21. The third kappa shape index (κ3) is 4.28. The molecule has 2 heterocycles. The van der Waals surface area contributed by atoms with E-state index in [9.17, 15) is 9.90 Å². The molecule has 0 bridgehead atoms. The molecule has 3 aromatic carbocycles. The summed E-state index contributed by atoms with van der Waals surface area (Å²) in [7, 11) is 0. The van der Waals surface area contributed by atoms with Crippen LogP contribution in [0.4, 0.5) is 16.2 Å². The fourth-order valence-corrected chi connectivity index (χ4v) is 5.42. The van der Waals surface area contributed by atoms with E-state index >= 15 is 0 Å². The second-order valence-electron chi connectivity index (χ2n) is 7.20. The van der Waals surface area contributed by atoms with Crippen molar-refractivity contribution in [2.45, 2.75) is 22.3 Å². The molecule has 1 unspecified atom stereocenters. The zero-order valence-corrected chi connectivity index (χ0v) is 18.0. The van der Waals surface area contributed by atoms with Gasteiger partial charge in [-0.05, 0) is 36.2 Å². The maximum absolute atomic E-state index is 11.4. The van der Waals surface area contributed by atoms with E-state index in [2.05, 4.69) is 41.0 Å². The number of carbonyl (C=O) groups is 1. The highest BCUT2D eigenvalue weighted by atomic mass is 32.2. The largest absolute Gasteiger partial charge is 0.465 e. The van der Waals surface area contributed by atoms with Crippen LogP contribution in [0.15, 0.2) is 88.0 Å². The number of para-hydroxylation sites is 1. The molecule has 0 radical (unpaired) electrons. The van der Waals surface area contributed by atoms with Crippen molar-refractivity contribution in [2.75, 3.05) is 5.32 Å². The second-order valence-corrected chi connectivity index (χ2v) is 9.17. The molecule has 1 amide bonds. The smallest absolute Gasteiger partial charge is 0.405 e. The highest BCUT2D eigenvalue weighted by Crippen LogP contribution is 2.45. The van der Waals surface area contributed by atoms with E-state index in [4.69, 9.17) is 4.98 Å². The van der Waals surface area contributed by atoms with Crippen LogP contribution in [0, 0.1) is 0 Å². The zero-order valence-electron chi connectivity index (χ0n) is 16.4. The number of hydrogen-bond donors (Lipinski definition) is 3. The summed E-state index contributed by atoms with van der Waals surface area (Å²) in [5.41, 5.74) is 5.07. The first kappa shape index (κ1) is 19.7. The second kappa shape index (κ2) is 8.45. The van der Waals surface area contributed by atoms with Crippen molar-refractivity contribution < 1.29 is 9.90 Å². The highest BCUT2D eigenvalue weighted by Gasteiger charge is 2.20. The van der Waals surface area contributed by atoms with Gasteiger partial charge in [-0.15, -0.1) is 11.3 Å². The van der Waals surface area contributed by atoms with E-state index in [1.165, 1.54) is 21.1 Å². The summed E-state index contributed by atoms with van der Waals surface area (Å²) in [5.74, 6) is 0. The van der Waals surface area contributed by atoms with Crippen molar-refractivity contribution in [3.05, 3.63) is 88.7 Å². The van der Waals surface area contributed by atoms with E-state index in [-0.39, 0.29) is 0 Å². The fraction of sp³-hybridized carbons (Fsp3) is 0.0833. The van der Waals surface area contributed by atoms with Gasteiger partial charge in [0.1, 0.15) is 5.01 Å². The molecular weight excluding hydrogens is 426 g/mol. The summed E-state index contributed by atoms with van der Waals surface area (Å²) in [6.45, 7) is 0. The number of aromatic nitrogens is 1. The van der Waals surface area contributed by atoms with Gasteiger partial charge in [0, 0.05) is 20.7 Å². The van der Waals surface area contributed by atoms with Crippen molar-refractivity contribution in [1.29, 1.82) is 0 Å². The topological polar surface area (TPSA) is 74.2 Å². The third-order valence-corrected chi connectivity index (χ3v) is 7.16. The predicted molar refractivity (Wildman–Crippen MR) is 125 cm³/mol. The van der Waals surface area contributed by atoms with E-state index in [0.717, 1.165) is 33.2 Å². The molecule has 7 heteroatoms. The number of anilines is 2. The van der Waals surface area contributed by atoms with Gasteiger partial charge in [0.25, 0.3) is 0 Å². The highest BCUT2D eigenvalue weighted by molar-refractivity contribution is 7.99. The Morgan fingerprint density at radius 1 is 1.00 bits per heavy atom. The van der Waals surface area contributed by atoms with Crippen LogP contribution < -0.4 is 10.6 Å². The summed E-state index contributed by atoms with van der Waals surface area (Å²) < 4.78 is 0. The Labute approximate surface area is 188 Å². The van der Waals surface area contributed by atoms with E-state index in [0.29, 0.717) is 6.42 Å². The number of nitrogens with one attached hydrogen (secondary N) is 2. The third-order valence-electron chi connectivity index (χ3n) is 5.05. The Hall–Kier alpha value is -3.29. The average Bonchev–Trinajstić information content (AvgIpc) is 3.28. The minimum atomic E-state index is -1.05. The normalized spacial score (nSPS) is 12.9. The monoisotopic (exact) mass is 445 g/mol. The maximum Gasteiger partial charge on any atom is 0.405 e. The molecule has 4 aromatic rings. The van der Waals surface area contributed by atoms with Gasteiger partial charge in [-0.25, -0.2) is 9.78 Å². The minimum Gasteiger partial charge on any atom is -0.465 e. The molecule has 1 aliphatic rings. The molecule has 31 heavy (non-hydrogen) atoms. The summed E-state index contributed by atoms with van der Waals surface area (Å²) in [4.78, 5) is 18.5. The van der Waals surface area contributed by atoms with Crippen LogP contribution in [0.3, 0.4) is 0 Å². The quantitative estimate of drug-likeness (QED) is 0.285. The molecule has 5 rings (SSSR count). The van der Waals surface area contributed by atoms with Gasteiger partial charge in [0.2, 0.25) is 0 Å². The first-order chi connectivity index (χ1) is 15.2. The fourth-order valence-electron chi connectivity index (χ4n) is 3.58. The van der Waals surface area contributed by atoms with Gasteiger partial charge in [0.05, 0.1) is 23.1 Å². The molecule has 0 aliphatic carbocycles. The molecule has 0 spiro atoms. The number of hydrogen-bond acceptors (Lipinski definition) is 5. The van der Waals surface area contributed by atoms with E-state index in [1.54, 1.807) is 11.8 Å². The van der Waals surface area contributed by atoms with E-state index in [1.807, 2.05) is 47.8 Å². The summed E-state index contributed by atoms with van der Waals surface area (Å²) >= 11 is 3.23. The number of carboxylic acid groups (broad SMARTS) is 1. The Kier molecular flexibility index (Phi) is 5.36. The predicted octanol–water partition coefficient (Wildman–Crippen LogP) is 6.57. The Balaban J connectivity index is 1.41. The standard InChI is InChI=1S/C24H19N3O2S2/c28-24(29)27-19(12-15-6-2-1-3-7-15)23-26-20(14-30-23)16-10-11-22-18(13-16)25-17-8-4-5-9-21(17)31-22/h1-11,13-14,19,25,27H,12H2,(H,28,29). The molecule has 154 valence electrons. The van der Waals surface area contributed by atoms with Crippen molar-refractivity contribution in [2.24, 2.45) is 0 Å². The maximum atomic E-state index is 11.4. The SMILES string of the molecule is O=C(O)NC(Cc1ccccc1)c1nc(-c2ccc3c(c2)Nc2ccccc2S3)cs1. The molecule has 3 N–H and O–H groups in total. The number of nitrogens with zero attached hydrogens (tertiary/aromatic N) is 1. The first-order valence-electron chi connectivity index (χ1n) is 9.83. The molecular formula is C24H19N3O2S2. The minimum absolute atomic E-state index is 0.392. The van der Waals surface area contributed by atoms with Gasteiger partial charge < -0.3 is 15.7 Å². The van der Waals surface area contributed by atoms with Crippen molar-refractivity contribution >= 4 is 40.6 Å². The lowest BCUT2D eigenvalue weighted by Crippen LogP contribution is -2.28. The Bertz CT molecular complexity index is 1240. The van der Waals surface area contributed by atoms with Gasteiger partial charge in [0.15, 0.2) is 0 Å². The summed E-state index contributed by atoms with van der Waals surface area (Å²) in [6.07, 6.45) is -0.495. The Morgan fingerprint density at radius 3 is 2.61 bits per heavy atom. The zero-order chi connectivity index (χ0) is 21.2. The van der Waals surface area contributed by atoms with Crippen LogP contribution >= 0.6 is 23.1 Å². The Morgan fingerprint density at radius 2 is 1.77 bits per heavy atom. The summed E-state index contributed by atoms with van der Waals surface area (Å²) in [6, 6.07) is 24.0. The van der Waals surface area contributed by atoms with Crippen LogP contribution in [-0.2, 0) is 6.42 Å². The number of rotatable bonds is 5. The molecule has 0 saturated carbocycles. The van der Waals surface area contributed by atoms with Gasteiger partial charge >= 0.3 is 6.09 Å². The number of amides is 1. The lowest BCUT2D eigenvalue weighted by atomic mass is 10.1. The van der Waals surface area contributed by atoms with Crippen LogP contribution in [0.1, 0.15) is 16.6 Å². The molecule has 0 fully saturated rings.